The molecule has 7 nitrogen and oxygen atoms in total. The number of anilines is 1. The molecule has 0 spiro atoms. The van der Waals surface area contributed by atoms with Gasteiger partial charge in [0.15, 0.2) is 11.3 Å². The first kappa shape index (κ1) is 18.2. The summed E-state index contributed by atoms with van der Waals surface area (Å²) >= 11 is 1.33. The van der Waals surface area contributed by atoms with Crippen molar-refractivity contribution >= 4 is 33.4 Å². The maximum absolute atomic E-state index is 14.0. The second-order valence-corrected chi connectivity index (χ2v) is 7.54. The summed E-state index contributed by atoms with van der Waals surface area (Å²) in [7, 11) is 0. The molecule has 0 fully saturated rings. The number of nitrogens with zero attached hydrogens (tertiary/aromatic N) is 5. The van der Waals surface area contributed by atoms with Crippen LogP contribution in [-0.2, 0) is 6.54 Å². The van der Waals surface area contributed by atoms with Crippen molar-refractivity contribution < 1.29 is 9.18 Å². The minimum absolute atomic E-state index is 0.170. The lowest BCUT2D eigenvalue weighted by atomic mass is 10.2. The molecule has 0 saturated heterocycles. The smallest absolute Gasteiger partial charge is 0.278 e. The van der Waals surface area contributed by atoms with Crippen LogP contribution in [0.5, 0.6) is 0 Å². The van der Waals surface area contributed by atoms with E-state index in [0.717, 1.165) is 5.01 Å². The number of carbonyl (C=O) groups excluding carboxylic acids is 1. The number of amides is 1. The summed E-state index contributed by atoms with van der Waals surface area (Å²) < 4.78 is 15.6. The number of fused-ring (bicyclic) bond motifs is 1. The van der Waals surface area contributed by atoms with Crippen LogP contribution in [0, 0.1) is 5.82 Å². The van der Waals surface area contributed by atoms with Crippen molar-refractivity contribution in [3.63, 3.8) is 0 Å². The molecule has 0 aliphatic heterocycles. The minimum Gasteiger partial charge on any atom is -0.295 e. The molecule has 0 aliphatic carbocycles. The Morgan fingerprint density at radius 1 is 1.21 bits per heavy atom. The van der Waals surface area contributed by atoms with E-state index in [0.29, 0.717) is 21.7 Å². The highest BCUT2D eigenvalue weighted by atomic mass is 32.1. The molecule has 0 aliphatic rings. The zero-order valence-electron chi connectivity index (χ0n) is 15.3. The van der Waals surface area contributed by atoms with Crippen LogP contribution in [0.1, 0.15) is 40.8 Å². The molecule has 0 atom stereocenters. The Morgan fingerprint density at radius 3 is 2.79 bits per heavy atom. The number of aromatic nitrogens is 5. The van der Waals surface area contributed by atoms with E-state index in [1.54, 1.807) is 36.5 Å². The topological polar surface area (TPSA) is 85.6 Å². The standard InChI is InChI=1S/C19H17FN6OS/c1-11(2)18-23-24-19(28-18)22-17(27)15-13-7-5-9-21-16(13)26(25-15)10-12-6-3-4-8-14(12)20/h3-9,11H,10H2,1-2H3,(H,22,24,27). The van der Waals surface area contributed by atoms with E-state index in [1.807, 2.05) is 13.8 Å². The summed E-state index contributed by atoms with van der Waals surface area (Å²) in [5.74, 6) is -0.506. The molecule has 1 amide bonds. The van der Waals surface area contributed by atoms with Gasteiger partial charge in [-0.15, -0.1) is 10.2 Å². The van der Waals surface area contributed by atoms with E-state index in [1.165, 1.54) is 22.1 Å². The molecular formula is C19H17FN6OS. The van der Waals surface area contributed by atoms with Gasteiger partial charge in [0.05, 0.1) is 11.9 Å². The Kier molecular flexibility index (Phi) is 4.82. The largest absolute Gasteiger partial charge is 0.295 e. The first-order valence-electron chi connectivity index (χ1n) is 8.72. The fourth-order valence-corrected chi connectivity index (χ4v) is 3.49. The van der Waals surface area contributed by atoms with E-state index in [9.17, 15) is 9.18 Å². The summed E-state index contributed by atoms with van der Waals surface area (Å²) in [4.78, 5) is 17.1. The van der Waals surface area contributed by atoms with Gasteiger partial charge in [0.25, 0.3) is 5.91 Å². The Labute approximate surface area is 164 Å². The molecule has 0 unspecified atom stereocenters. The van der Waals surface area contributed by atoms with Gasteiger partial charge in [0.2, 0.25) is 5.13 Å². The molecule has 28 heavy (non-hydrogen) atoms. The lowest BCUT2D eigenvalue weighted by Crippen LogP contribution is -2.14. The third kappa shape index (κ3) is 3.48. The summed E-state index contributed by atoms with van der Waals surface area (Å²) in [6.45, 7) is 4.19. The third-order valence-electron chi connectivity index (χ3n) is 4.16. The van der Waals surface area contributed by atoms with Gasteiger partial charge in [0.1, 0.15) is 10.8 Å². The molecule has 4 rings (SSSR count). The number of pyridine rings is 1. The lowest BCUT2D eigenvalue weighted by Gasteiger charge is -2.04. The number of rotatable bonds is 5. The Balaban J connectivity index is 1.67. The number of benzene rings is 1. The molecule has 4 aromatic rings. The van der Waals surface area contributed by atoms with Crippen molar-refractivity contribution in [1.29, 1.82) is 0 Å². The summed E-state index contributed by atoms with van der Waals surface area (Å²) in [5.41, 5.74) is 1.19. The van der Waals surface area contributed by atoms with E-state index >= 15 is 0 Å². The molecular weight excluding hydrogens is 379 g/mol. The van der Waals surface area contributed by atoms with Crippen molar-refractivity contribution in [1.82, 2.24) is 25.0 Å². The van der Waals surface area contributed by atoms with Crippen molar-refractivity contribution in [2.75, 3.05) is 5.32 Å². The van der Waals surface area contributed by atoms with Gasteiger partial charge in [-0.3, -0.25) is 10.1 Å². The van der Waals surface area contributed by atoms with Crippen LogP contribution in [0.4, 0.5) is 9.52 Å². The molecule has 3 aromatic heterocycles. The highest BCUT2D eigenvalue weighted by Gasteiger charge is 2.20. The van der Waals surface area contributed by atoms with Crippen molar-refractivity contribution in [3.8, 4) is 0 Å². The van der Waals surface area contributed by atoms with E-state index < -0.39 is 5.91 Å². The monoisotopic (exact) mass is 396 g/mol. The van der Waals surface area contributed by atoms with Gasteiger partial charge >= 0.3 is 0 Å². The summed E-state index contributed by atoms with van der Waals surface area (Å²) in [6.07, 6.45) is 1.61. The first-order chi connectivity index (χ1) is 13.5. The van der Waals surface area contributed by atoms with Crippen LogP contribution in [-0.4, -0.2) is 30.9 Å². The quantitative estimate of drug-likeness (QED) is 0.554. The molecule has 0 radical (unpaired) electrons. The number of hydrogen-bond acceptors (Lipinski definition) is 6. The van der Waals surface area contributed by atoms with Crippen LogP contribution in [0.25, 0.3) is 11.0 Å². The third-order valence-corrected chi connectivity index (χ3v) is 5.29. The maximum Gasteiger partial charge on any atom is 0.278 e. The fraction of sp³-hybridized carbons (Fsp3) is 0.211. The normalized spacial score (nSPS) is 11.3. The van der Waals surface area contributed by atoms with Crippen LogP contribution in [0.15, 0.2) is 42.6 Å². The highest BCUT2D eigenvalue weighted by molar-refractivity contribution is 7.15. The van der Waals surface area contributed by atoms with Crippen LogP contribution >= 0.6 is 11.3 Å². The zero-order valence-corrected chi connectivity index (χ0v) is 16.1. The number of nitrogens with one attached hydrogen (secondary N) is 1. The summed E-state index contributed by atoms with van der Waals surface area (Å²) in [6, 6.07) is 9.96. The predicted octanol–water partition coefficient (Wildman–Crippen LogP) is 3.85. The molecule has 1 N–H and O–H groups in total. The van der Waals surface area contributed by atoms with Gasteiger partial charge in [-0.1, -0.05) is 43.4 Å². The van der Waals surface area contributed by atoms with Crippen LogP contribution in [0.2, 0.25) is 0 Å². The van der Waals surface area contributed by atoms with Crippen molar-refractivity contribution in [2.45, 2.75) is 26.3 Å². The molecule has 3 heterocycles. The SMILES string of the molecule is CC(C)c1nnc(NC(=O)c2nn(Cc3ccccc3F)c3ncccc23)s1. The number of hydrogen-bond donors (Lipinski definition) is 1. The average Bonchev–Trinajstić information content (AvgIpc) is 3.29. The fourth-order valence-electron chi connectivity index (χ4n) is 2.75. The van der Waals surface area contributed by atoms with E-state index in [4.69, 9.17) is 0 Å². The second kappa shape index (κ2) is 7.43. The van der Waals surface area contributed by atoms with Gasteiger partial charge in [0, 0.05) is 17.7 Å². The van der Waals surface area contributed by atoms with Crippen LogP contribution < -0.4 is 5.32 Å². The maximum atomic E-state index is 14.0. The zero-order chi connectivity index (χ0) is 19.7. The number of carbonyl (C=O) groups is 1. The van der Waals surface area contributed by atoms with Gasteiger partial charge in [-0.05, 0) is 18.2 Å². The van der Waals surface area contributed by atoms with Gasteiger partial charge in [-0.25, -0.2) is 14.1 Å². The Hall–Kier alpha value is -3.20. The average molecular weight is 396 g/mol. The van der Waals surface area contributed by atoms with Crippen molar-refractivity contribution in [3.05, 3.63) is 64.7 Å². The highest BCUT2D eigenvalue weighted by Crippen LogP contribution is 2.24. The lowest BCUT2D eigenvalue weighted by molar-refractivity contribution is 0.102. The Bertz CT molecular complexity index is 1150. The van der Waals surface area contributed by atoms with Crippen LogP contribution in [0.3, 0.4) is 0 Å². The van der Waals surface area contributed by atoms with Gasteiger partial charge < -0.3 is 0 Å². The number of halogens is 1. The molecule has 1 aromatic carbocycles. The predicted molar refractivity (Wildman–Crippen MR) is 105 cm³/mol. The van der Waals surface area contributed by atoms with E-state index in [-0.39, 0.29) is 24.0 Å². The van der Waals surface area contributed by atoms with Crippen molar-refractivity contribution in [2.24, 2.45) is 0 Å². The van der Waals surface area contributed by atoms with E-state index in [2.05, 4.69) is 25.6 Å². The second-order valence-electron chi connectivity index (χ2n) is 6.53. The summed E-state index contributed by atoms with van der Waals surface area (Å²) in [5, 5.41) is 17.1. The molecule has 9 heteroatoms. The molecule has 0 saturated carbocycles. The van der Waals surface area contributed by atoms with Gasteiger partial charge in [-0.2, -0.15) is 5.10 Å². The minimum atomic E-state index is -0.406. The first-order valence-corrected chi connectivity index (χ1v) is 9.54. The molecule has 142 valence electrons. The molecule has 0 bridgehead atoms. The Morgan fingerprint density at radius 2 is 2.04 bits per heavy atom.